The summed E-state index contributed by atoms with van der Waals surface area (Å²) >= 11 is 3.56. The Balaban J connectivity index is 2.46. The van der Waals surface area contributed by atoms with E-state index in [1.54, 1.807) is 0 Å². The molecule has 0 spiro atoms. The normalized spacial score (nSPS) is 12.0. The quantitative estimate of drug-likeness (QED) is 0.824. The highest BCUT2D eigenvalue weighted by Crippen LogP contribution is 2.25. The molecule has 0 fully saturated rings. The summed E-state index contributed by atoms with van der Waals surface area (Å²) in [6, 6.07) is 6.51. The molecule has 1 aromatic carbocycles. The molecule has 1 atom stereocenters. The van der Waals surface area contributed by atoms with Gasteiger partial charge in [-0.15, -0.1) is 12.6 Å². The minimum absolute atomic E-state index is 0.0695. The van der Waals surface area contributed by atoms with Gasteiger partial charge in [-0.25, -0.2) is 4.98 Å². The number of nitriles is 1. The number of hydrogen-bond donors (Lipinski definition) is 2. The van der Waals surface area contributed by atoms with Gasteiger partial charge in [0.05, 0.1) is 11.6 Å². The van der Waals surface area contributed by atoms with Crippen LogP contribution in [0.15, 0.2) is 22.6 Å². The molecule has 96 valence electrons. The number of rotatable bonds is 4. The van der Waals surface area contributed by atoms with E-state index in [2.05, 4.69) is 17.6 Å². The average Bonchev–Trinajstić information content (AvgIpc) is 2.77. The van der Waals surface area contributed by atoms with Crippen LogP contribution in [0.4, 0.5) is 0 Å². The molecule has 0 aliphatic carbocycles. The maximum atomic E-state index is 11.1. The van der Waals surface area contributed by atoms with Gasteiger partial charge in [-0.3, -0.25) is 9.59 Å². The number of aromatic nitrogens is 1. The van der Waals surface area contributed by atoms with Crippen molar-refractivity contribution in [3.05, 3.63) is 29.7 Å². The maximum absolute atomic E-state index is 11.1. The molecule has 0 radical (unpaired) electrons. The number of nitrogens with zero attached hydrogens (tertiary/aromatic N) is 2. The zero-order valence-corrected chi connectivity index (χ0v) is 10.4. The van der Waals surface area contributed by atoms with Gasteiger partial charge >= 0.3 is 5.97 Å². The van der Waals surface area contributed by atoms with Crippen molar-refractivity contribution in [3.63, 3.8) is 0 Å². The zero-order chi connectivity index (χ0) is 14.0. The smallest absolute Gasteiger partial charge is 0.316 e. The molecule has 0 aliphatic heterocycles. The van der Waals surface area contributed by atoms with E-state index in [0.29, 0.717) is 16.7 Å². The summed E-state index contributed by atoms with van der Waals surface area (Å²) in [5, 5.41) is 17.3. The van der Waals surface area contributed by atoms with Gasteiger partial charge in [0, 0.05) is 6.42 Å². The average molecular weight is 276 g/mol. The molecule has 2 rings (SSSR count). The van der Waals surface area contributed by atoms with Crippen LogP contribution in [-0.4, -0.2) is 21.2 Å². The highest BCUT2D eigenvalue weighted by molar-refractivity contribution is 7.96. The minimum Gasteiger partial charge on any atom is -0.481 e. The molecule has 0 saturated carbocycles. The number of fused-ring (bicyclic) bond motifs is 1. The molecule has 0 amide bonds. The first-order chi connectivity index (χ1) is 9.01. The fraction of sp³-hybridized carbons (Fsp3) is 0.167. The Kier molecular flexibility index (Phi) is 3.53. The minimum atomic E-state index is -1.21. The lowest BCUT2D eigenvalue weighted by atomic mass is 10.1. The monoisotopic (exact) mass is 276 g/mol. The van der Waals surface area contributed by atoms with Crippen LogP contribution in [0.1, 0.15) is 23.8 Å². The van der Waals surface area contributed by atoms with Crippen LogP contribution < -0.4 is 0 Å². The van der Waals surface area contributed by atoms with Gasteiger partial charge in [0.15, 0.2) is 10.7 Å². The third kappa shape index (κ3) is 2.74. The van der Waals surface area contributed by atoms with Gasteiger partial charge < -0.3 is 9.52 Å². The molecule has 1 unspecified atom stereocenters. The predicted octanol–water partition coefficient (Wildman–Crippen LogP) is 1.71. The van der Waals surface area contributed by atoms with Crippen LogP contribution >= 0.6 is 12.6 Å². The number of oxazole rings is 1. The van der Waals surface area contributed by atoms with Gasteiger partial charge in [-0.05, 0) is 18.2 Å². The van der Waals surface area contributed by atoms with Crippen LogP contribution in [0.5, 0.6) is 0 Å². The molecule has 19 heavy (non-hydrogen) atoms. The standard InChI is InChI=1S/C12H8N2O4S/c13-5-6-1-2-9-8(3-6)14-11(18-9)7(12(16)17)4-10(15)19/h1-3,7H,4H2,(H,15,19)(H,16,17). The second-order valence-electron chi connectivity index (χ2n) is 3.84. The van der Waals surface area contributed by atoms with Crippen molar-refractivity contribution in [2.24, 2.45) is 0 Å². The third-order valence-electron chi connectivity index (χ3n) is 2.51. The van der Waals surface area contributed by atoms with Crippen LogP contribution in [-0.2, 0) is 9.59 Å². The van der Waals surface area contributed by atoms with Crippen molar-refractivity contribution in [2.45, 2.75) is 12.3 Å². The fourth-order valence-corrected chi connectivity index (χ4v) is 1.80. The Morgan fingerprint density at radius 1 is 1.53 bits per heavy atom. The molecular weight excluding hydrogens is 268 g/mol. The first-order valence-electron chi connectivity index (χ1n) is 5.26. The molecule has 2 aromatic rings. The third-order valence-corrected chi connectivity index (χ3v) is 2.69. The van der Waals surface area contributed by atoms with E-state index in [4.69, 9.17) is 14.8 Å². The van der Waals surface area contributed by atoms with Crippen LogP contribution in [0, 0.1) is 11.3 Å². The summed E-state index contributed by atoms with van der Waals surface area (Å²) in [7, 11) is 0. The van der Waals surface area contributed by atoms with Crippen molar-refractivity contribution >= 4 is 34.8 Å². The summed E-state index contributed by atoms with van der Waals surface area (Å²) in [6.45, 7) is 0. The van der Waals surface area contributed by atoms with Crippen molar-refractivity contribution < 1.29 is 19.1 Å². The molecule has 6 nitrogen and oxygen atoms in total. The molecule has 1 aromatic heterocycles. The van der Waals surface area contributed by atoms with E-state index in [0.717, 1.165) is 0 Å². The van der Waals surface area contributed by atoms with E-state index in [1.807, 2.05) is 6.07 Å². The summed E-state index contributed by atoms with van der Waals surface area (Å²) < 4.78 is 5.30. The van der Waals surface area contributed by atoms with Gasteiger partial charge in [0.25, 0.3) is 0 Å². The topological polar surface area (TPSA) is 104 Å². The van der Waals surface area contributed by atoms with Crippen molar-refractivity contribution in [3.8, 4) is 6.07 Å². The second kappa shape index (κ2) is 5.12. The molecule has 7 heteroatoms. The number of carbonyl (C=O) groups excluding carboxylic acids is 1. The summed E-state index contributed by atoms with van der Waals surface area (Å²) in [6.07, 6.45) is -0.309. The number of carboxylic acid groups (broad SMARTS) is 1. The number of hydrogen-bond acceptors (Lipinski definition) is 5. The first kappa shape index (κ1) is 13.1. The summed E-state index contributed by atoms with van der Waals surface area (Å²) in [5.41, 5.74) is 1.14. The summed E-state index contributed by atoms with van der Waals surface area (Å²) in [4.78, 5) is 26.0. The van der Waals surface area contributed by atoms with Gasteiger partial charge in [0.1, 0.15) is 11.4 Å². The molecule has 0 bridgehead atoms. The number of aliphatic carboxylic acids is 1. The van der Waals surface area contributed by atoms with E-state index >= 15 is 0 Å². The van der Waals surface area contributed by atoms with E-state index in [9.17, 15) is 9.59 Å². The Hall–Kier alpha value is -2.33. The molecule has 1 heterocycles. The SMILES string of the molecule is N#Cc1ccc2oc(C(CC(=O)S)C(=O)O)nc2c1. The fourth-order valence-electron chi connectivity index (χ4n) is 1.62. The van der Waals surface area contributed by atoms with E-state index in [-0.39, 0.29) is 12.3 Å². The Morgan fingerprint density at radius 3 is 2.84 bits per heavy atom. The van der Waals surface area contributed by atoms with Gasteiger partial charge in [-0.1, -0.05) is 0 Å². The number of benzene rings is 1. The highest BCUT2D eigenvalue weighted by atomic mass is 32.1. The van der Waals surface area contributed by atoms with E-state index in [1.165, 1.54) is 18.2 Å². The Bertz CT molecular complexity index is 701. The molecule has 0 saturated heterocycles. The van der Waals surface area contributed by atoms with Crippen LogP contribution in [0.3, 0.4) is 0 Å². The molecular formula is C12H8N2O4S. The predicted molar refractivity (Wildman–Crippen MR) is 67.7 cm³/mol. The van der Waals surface area contributed by atoms with Crippen LogP contribution in [0.2, 0.25) is 0 Å². The lowest BCUT2D eigenvalue weighted by Gasteiger charge is -2.04. The molecule has 1 N–H and O–H groups in total. The Morgan fingerprint density at radius 2 is 2.26 bits per heavy atom. The lowest BCUT2D eigenvalue weighted by Crippen LogP contribution is -2.14. The van der Waals surface area contributed by atoms with Crippen molar-refractivity contribution in [1.82, 2.24) is 4.98 Å². The van der Waals surface area contributed by atoms with Gasteiger partial charge in [0.2, 0.25) is 5.89 Å². The first-order valence-corrected chi connectivity index (χ1v) is 5.71. The van der Waals surface area contributed by atoms with Gasteiger partial charge in [-0.2, -0.15) is 5.26 Å². The number of carbonyl (C=O) groups is 2. The lowest BCUT2D eigenvalue weighted by molar-refractivity contribution is -0.140. The Labute approximate surface area is 113 Å². The second-order valence-corrected chi connectivity index (χ2v) is 4.33. The van der Waals surface area contributed by atoms with Crippen LogP contribution in [0.25, 0.3) is 11.1 Å². The summed E-state index contributed by atoms with van der Waals surface area (Å²) in [5.74, 6) is -2.46. The zero-order valence-electron chi connectivity index (χ0n) is 9.53. The maximum Gasteiger partial charge on any atom is 0.316 e. The number of carboxylic acids is 1. The highest BCUT2D eigenvalue weighted by Gasteiger charge is 2.27. The van der Waals surface area contributed by atoms with Crippen molar-refractivity contribution in [2.75, 3.05) is 0 Å². The van der Waals surface area contributed by atoms with E-state index < -0.39 is 17.0 Å². The molecule has 0 aliphatic rings. The number of thiol groups is 1. The largest absolute Gasteiger partial charge is 0.481 e. The van der Waals surface area contributed by atoms with Crippen molar-refractivity contribution in [1.29, 1.82) is 5.26 Å².